The lowest BCUT2D eigenvalue weighted by Crippen LogP contribution is -2.29. The number of aryl methyl sites for hydroxylation is 1. The van der Waals surface area contributed by atoms with Crippen LogP contribution in [0.1, 0.15) is 66.6 Å². The van der Waals surface area contributed by atoms with Crippen molar-refractivity contribution in [2.24, 2.45) is 22.1 Å². The molecule has 4 rings (SSSR count). The number of hydrogen-bond acceptors (Lipinski definition) is 5. The van der Waals surface area contributed by atoms with Crippen LogP contribution in [0.5, 0.6) is 0 Å². The quantitative estimate of drug-likeness (QED) is 0.539. The number of carbonyl (C=O) groups is 1. The summed E-state index contributed by atoms with van der Waals surface area (Å²) in [6, 6.07) is 1.91. The van der Waals surface area contributed by atoms with Gasteiger partial charge in [-0.25, -0.2) is 0 Å². The molecule has 1 saturated carbocycles. The summed E-state index contributed by atoms with van der Waals surface area (Å²) < 4.78 is 0. The van der Waals surface area contributed by atoms with Crippen LogP contribution in [0.2, 0.25) is 5.02 Å². The van der Waals surface area contributed by atoms with Crippen molar-refractivity contribution in [3.8, 4) is 0 Å². The van der Waals surface area contributed by atoms with E-state index in [2.05, 4.69) is 10.3 Å². The Morgan fingerprint density at radius 2 is 2.07 bits per heavy atom. The Balaban J connectivity index is 0.00000102. The van der Waals surface area contributed by atoms with Crippen LogP contribution in [0, 0.1) is 18.8 Å². The zero-order valence-corrected chi connectivity index (χ0v) is 17.2. The highest BCUT2D eigenvalue weighted by molar-refractivity contribution is 6.38. The van der Waals surface area contributed by atoms with Crippen LogP contribution >= 0.6 is 11.6 Å². The molecule has 0 bridgehead atoms. The number of fused-ring (bicyclic) bond motifs is 1. The number of carbonyl (C=O) groups excluding carboxylic acids is 1. The van der Waals surface area contributed by atoms with Gasteiger partial charge in [-0.15, -0.1) is 0 Å². The number of nitrogens with zero attached hydrogens (tertiary/aromatic N) is 2. The summed E-state index contributed by atoms with van der Waals surface area (Å²) in [4.78, 5) is 23.6. The predicted octanol–water partition coefficient (Wildman–Crippen LogP) is 4.95. The number of benzene rings is 1. The van der Waals surface area contributed by atoms with Crippen LogP contribution in [-0.4, -0.2) is 30.9 Å². The summed E-state index contributed by atoms with van der Waals surface area (Å²) in [5.41, 5.74) is 4.47. The van der Waals surface area contributed by atoms with Crippen LogP contribution in [0.4, 0.5) is 0 Å². The molecule has 1 aromatic rings. The minimum Gasteiger partial charge on any atom is -0.399 e. The molecule has 1 aromatic carbocycles. The molecule has 0 spiro atoms. The van der Waals surface area contributed by atoms with Gasteiger partial charge in [0.25, 0.3) is 0 Å². The van der Waals surface area contributed by atoms with Gasteiger partial charge < -0.3 is 9.68 Å². The number of oxime groups is 2. The van der Waals surface area contributed by atoms with Gasteiger partial charge in [-0.2, -0.15) is 0 Å². The summed E-state index contributed by atoms with van der Waals surface area (Å²) in [7, 11) is 1.53. The molecule has 27 heavy (non-hydrogen) atoms. The van der Waals surface area contributed by atoms with E-state index in [0.717, 1.165) is 48.9 Å². The largest absolute Gasteiger partial charge is 0.399 e. The molecule has 1 aliphatic heterocycles. The van der Waals surface area contributed by atoms with E-state index in [9.17, 15) is 4.79 Å². The van der Waals surface area contributed by atoms with Crippen LogP contribution in [0.3, 0.4) is 0 Å². The predicted molar refractivity (Wildman–Crippen MR) is 108 cm³/mol. The third-order valence-electron chi connectivity index (χ3n) is 5.34. The Bertz CT molecular complexity index is 784. The standard InChI is InChI=1S/C19H21ClN2O3.C2H6/c1-10-8-13(18(23)14-9-21-25-19(14)11-6-7-11)17(20)16-12(10)4-3-5-15(16)22-24-2;1-2/h8-9,11,14,19H,3-7H2,1-2H3;1-2H3/b22-15-;. The van der Waals surface area contributed by atoms with Gasteiger partial charge in [0.1, 0.15) is 19.1 Å². The van der Waals surface area contributed by atoms with Crippen molar-refractivity contribution in [2.45, 2.75) is 59.0 Å². The maximum atomic E-state index is 13.2. The first-order chi connectivity index (χ1) is 13.1. The number of rotatable bonds is 4. The Kier molecular flexibility index (Phi) is 6.20. The molecule has 5 nitrogen and oxygen atoms in total. The Labute approximate surface area is 165 Å². The number of ketones is 1. The molecule has 3 aliphatic rings. The fourth-order valence-corrected chi connectivity index (χ4v) is 4.29. The van der Waals surface area contributed by atoms with E-state index in [1.165, 1.54) is 12.7 Å². The first-order valence-corrected chi connectivity index (χ1v) is 10.2. The Hall–Kier alpha value is -1.88. The smallest absolute Gasteiger partial charge is 0.176 e. The van der Waals surface area contributed by atoms with Gasteiger partial charge in [0.05, 0.1) is 16.9 Å². The van der Waals surface area contributed by atoms with Crippen molar-refractivity contribution in [3.05, 3.63) is 33.3 Å². The Morgan fingerprint density at radius 1 is 1.33 bits per heavy atom. The summed E-state index contributed by atoms with van der Waals surface area (Å²) in [5, 5.41) is 8.54. The molecule has 2 aliphatic carbocycles. The second kappa shape index (κ2) is 8.42. The van der Waals surface area contributed by atoms with Gasteiger partial charge in [0.15, 0.2) is 5.78 Å². The molecule has 146 valence electrons. The molecule has 1 fully saturated rings. The van der Waals surface area contributed by atoms with Crippen molar-refractivity contribution in [2.75, 3.05) is 7.11 Å². The lowest BCUT2D eigenvalue weighted by molar-refractivity contribution is 0.0418. The monoisotopic (exact) mass is 390 g/mol. The van der Waals surface area contributed by atoms with Gasteiger partial charge >= 0.3 is 0 Å². The number of hydrogen-bond donors (Lipinski definition) is 0. The summed E-state index contributed by atoms with van der Waals surface area (Å²) >= 11 is 6.70. The topological polar surface area (TPSA) is 60.2 Å². The first kappa shape index (κ1) is 19.9. The minimum atomic E-state index is -0.353. The summed E-state index contributed by atoms with van der Waals surface area (Å²) in [6.45, 7) is 6.03. The molecule has 0 amide bonds. The van der Waals surface area contributed by atoms with E-state index < -0.39 is 0 Å². The van der Waals surface area contributed by atoms with E-state index in [4.69, 9.17) is 21.3 Å². The average Bonchev–Trinajstić information content (AvgIpc) is 3.42. The van der Waals surface area contributed by atoms with E-state index in [0.29, 0.717) is 16.5 Å². The fourth-order valence-electron chi connectivity index (χ4n) is 3.91. The summed E-state index contributed by atoms with van der Waals surface area (Å²) in [5.74, 6) is 0.0600. The molecule has 2 unspecified atom stereocenters. The molecule has 2 atom stereocenters. The molecule has 0 aromatic heterocycles. The highest BCUT2D eigenvalue weighted by Crippen LogP contribution is 2.41. The van der Waals surface area contributed by atoms with E-state index in [-0.39, 0.29) is 17.8 Å². The number of Topliss-reactive ketones (excluding diaryl/α,β-unsaturated/α-hetero) is 1. The molecular weight excluding hydrogens is 364 g/mol. The van der Waals surface area contributed by atoms with E-state index >= 15 is 0 Å². The van der Waals surface area contributed by atoms with E-state index in [1.54, 1.807) is 6.21 Å². The van der Waals surface area contributed by atoms with Gasteiger partial charge in [0, 0.05) is 11.1 Å². The van der Waals surface area contributed by atoms with Crippen molar-refractivity contribution < 1.29 is 14.5 Å². The molecule has 1 heterocycles. The average molecular weight is 391 g/mol. The van der Waals surface area contributed by atoms with Gasteiger partial charge in [-0.05, 0) is 62.1 Å². The van der Waals surface area contributed by atoms with Crippen LogP contribution in [0.15, 0.2) is 16.4 Å². The maximum Gasteiger partial charge on any atom is 0.176 e. The van der Waals surface area contributed by atoms with E-state index in [1.807, 2.05) is 26.8 Å². The number of halogens is 1. The minimum absolute atomic E-state index is 0.0172. The normalized spacial score (nSPS) is 24.7. The Morgan fingerprint density at radius 3 is 2.74 bits per heavy atom. The lowest BCUT2D eigenvalue weighted by Gasteiger charge is -2.23. The van der Waals surface area contributed by atoms with Crippen molar-refractivity contribution >= 4 is 29.3 Å². The zero-order chi connectivity index (χ0) is 19.6. The zero-order valence-electron chi connectivity index (χ0n) is 16.4. The van der Waals surface area contributed by atoms with Gasteiger partial charge in [-0.1, -0.05) is 35.8 Å². The highest BCUT2D eigenvalue weighted by Gasteiger charge is 2.44. The van der Waals surface area contributed by atoms with Crippen LogP contribution < -0.4 is 0 Å². The van der Waals surface area contributed by atoms with Gasteiger partial charge in [0.2, 0.25) is 0 Å². The molecule has 0 radical (unpaired) electrons. The lowest BCUT2D eigenvalue weighted by atomic mass is 9.83. The highest BCUT2D eigenvalue weighted by atomic mass is 35.5. The van der Waals surface area contributed by atoms with Crippen LogP contribution in [0.25, 0.3) is 0 Å². The SMILES string of the molecule is CC.CO/N=C1/CCCc2c(C)cc(C(=O)C3C=NOC3C3CC3)c(Cl)c21. The molecule has 0 saturated heterocycles. The molecule has 0 N–H and O–H groups in total. The van der Waals surface area contributed by atoms with Gasteiger partial charge in [-0.3, -0.25) is 4.79 Å². The molecular formula is C21H27ClN2O3. The van der Waals surface area contributed by atoms with Crippen molar-refractivity contribution in [1.82, 2.24) is 0 Å². The first-order valence-electron chi connectivity index (χ1n) is 9.77. The summed E-state index contributed by atoms with van der Waals surface area (Å²) in [6.07, 6.45) is 6.42. The maximum absolute atomic E-state index is 13.2. The van der Waals surface area contributed by atoms with Crippen molar-refractivity contribution in [3.63, 3.8) is 0 Å². The third kappa shape index (κ3) is 3.75. The third-order valence-corrected chi connectivity index (χ3v) is 5.73. The molecule has 6 heteroatoms. The fraction of sp³-hybridized carbons (Fsp3) is 0.571. The second-order valence-electron chi connectivity index (χ2n) is 7.03. The van der Waals surface area contributed by atoms with Crippen molar-refractivity contribution in [1.29, 1.82) is 0 Å². The second-order valence-corrected chi connectivity index (χ2v) is 7.41. The van der Waals surface area contributed by atoms with Crippen LogP contribution in [-0.2, 0) is 16.1 Å².